The van der Waals surface area contributed by atoms with Gasteiger partial charge in [0.1, 0.15) is 5.82 Å². The molecule has 0 aliphatic rings. The summed E-state index contributed by atoms with van der Waals surface area (Å²) >= 11 is 11.9. The lowest BCUT2D eigenvalue weighted by molar-refractivity contribution is -0.123. The van der Waals surface area contributed by atoms with Crippen LogP contribution in [0.2, 0.25) is 10.0 Å². The third-order valence-electron chi connectivity index (χ3n) is 2.93. The van der Waals surface area contributed by atoms with Crippen LogP contribution in [-0.4, -0.2) is 11.9 Å². The number of halogens is 3. The van der Waals surface area contributed by atoms with Crippen molar-refractivity contribution in [3.63, 3.8) is 0 Å². The predicted octanol–water partition coefficient (Wildman–Crippen LogP) is 3.68. The van der Waals surface area contributed by atoms with E-state index in [1.165, 1.54) is 12.1 Å². The van der Waals surface area contributed by atoms with E-state index in [4.69, 9.17) is 28.9 Å². The molecule has 1 aromatic carbocycles. The number of hydrogen-bond acceptors (Lipinski definition) is 2. The molecule has 0 radical (unpaired) electrons. The SMILES string of the molecule is CC(C)C[C@H](N)C(=O)NC(C)c1c(Cl)ccc(F)c1Cl. The van der Waals surface area contributed by atoms with Gasteiger partial charge in [-0.05, 0) is 31.4 Å². The molecule has 0 saturated heterocycles. The highest BCUT2D eigenvalue weighted by Crippen LogP contribution is 2.32. The molecular weight excluding hydrogens is 302 g/mol. The fraction of sp³-hybridized carbons (Fsp3) is 0.500. The van der Waals surface area contributed by atoms with E-state index in [0.29, 0.717) is 22.9 Å². The fourth-order valence-electron chi connectivity index (χ4n) is 1.95. The molecule has 0 aromatic heterocycles. The summed E-state index contributed by atoms with van der Waals surface area (Å²) in [5.74, 6) is -0.561. The van der Waals surface area contributed by atoms with E-state index in [1.807, 2.05) is 13.8 Å². The number of rotatable bonds is 5. The molecular formula is C14H19Cl2FN2O. The van der Waals surface area contributed by atoms with Gasteiger partial charge in [-0.15, -0.1) is 0 Å². The average molecular weight is 321 g/mol. The van der Waals surface area contributed by atoms with Crippen molar-refractivity contribution in [2.45, 2.75) is 39.3 Å². The summed E-state index contributed by atoms with van der Waals surface area (Å²) in [7, 11) is 0. The van der Waals surface area contributed by atoms with Gasteiger partial charge in [-0.3, -0.25) is 4.79 Å². The predicted molar refractivity (Wildman–Crippen MR) is 80.4 cm³/mol. The van der Waals surface area contributed by atoms with E-state index < -0.39 is 17.9 Å². The molecule has 0 aliphatic carbocycles. The van der Waals surface area contributed by atoms with Crippen molar-refractivity contribution in [3.8, 4) is 0 Å². The first kappa shape index (κ1) is 17.2. The van der Waals surface area contributed by atoms with Crippen LogP contribution in [-0.2, 0) is 4.79 Å². The second-order valence-electron chi connectivity index (χ2n) is 5.22. The standard InChI is InChI=1S/C14H19Cl2FN2O/c1-7(2)6-11(18)14(20)19-8(3)12-9(15)4-5-10(17)13(12)16/h4-5,7-8,11H,6,18H2,1-3H3,(H,19,20)/t8?,11-/m0/s1. The van der Waals surface area contributed by atoms with Crippen molar-refractivity contribution in [2.75, 3.05) is 0 Å². The van der Waals surface area contributed by atoms with Crippen LogP contribution in [0.25, 0.3) is 0 Å². The van der Waals surface area contributed by atoms with Crippen LogP contribution < -0.4 is 11.1 Å². The molecule has 0 spiro atoms. The molecule has 1 amide bonds. The van der Waals surface area contributed by atoms with Gasteiger partial charge < -0.3 is 11.1 Å². The minimum absolute atomic E-state index is 0.0808. The van der Waals surface area contributed by atoms with Gasteiger partial charge in [0.25, 0.3) is 0 Å². The summed E-state index contributed by atoms with van der Waals surface area (Å²) in [5, 5.41) is 2.94. The van der Waals surface area contributed by atoms with Gasteiger partial charge in [-0.1, -0.05) is 37.0 Å². The Bertz CT molecular complexity index is 494. The first-order chi connectivity index (χ1) is 9.23. The van der Waals surface area contributed by atoms with E-state index in [2.05, 4.69) is 5.32 Å². The summed E-state index contributed by atoms with van der Waals surface area (Å²) in [6, 6.07) is 1.47. The topological polar surface area (TPSA) is 55.1 Å². The highest BCUT2D eigenvalue weighted by atomic mass is 35.5. The Kier molecular flexibility index (Phi) is 6.24. The van der Waals surface area contributed by atoms with Crippen LogP contribution in [0.15, 0.2) is 12.1 Å². The lowest BCUT2D eigenvalue weighted by atomic mass is 10.0. The monoisotopic (exact) mass is 320 g/mol. The maximum absolute atomic E-state index is 13.5. The number of carbonyl (C=O) groups excluding carboxylic acids is 1. The fourth-order valence-corrected chi connectivity index (χ4v) is 2.65. The zero-order chi connectivity index (χ0) is 15.4. The highest BCUT2D eigenvalue weighted by Gasteiger charge is 2.21. The van der Waals surface area contributed by atoms with E-state index in [9.17, 15) is 9.18 Å². The van der Waals surface area contributed by atoms with Crippen LogP contribution in [0.5, 0.6) is 0 Å². The Labute approximate surface area is 128 Å². The van der Waals surface area contributed by atoms with E-state index in [-0.39, 0.29) is 10.9 Å². The van der Waals surface area contributed by atoms with Gasteiger partial charge in [0.15, 0.2) is 0 Å². The number of hydrogen-bond donors (Lipinski definition) is 2. The van der Waals surface area contributed by atoms with Gasteiger partial charge in [0.05, 0.1) is 17.1 Å². The maximum Gasteiger partial charge on any atom is 0.237 e. The molecule has 1 aromatic rings. The molecule has 1 rings (SSSR count). The number of benzene rings is 1. The molecule has 0 bridgehead atoms. The molecule has 6 heteroatoms. The molecule has 3 N–H and O–H groups in total. The number of carbonyl (C=O) groups is 1. The number of nitrogens with two attached hydrogens (primary N) is 1. The van der Waals surface area contributed by atoms with E-state index in [0.717, 1.165) is 0 Å². The second kappa shape index (κ2) is 7.25. The molecule has 0 saturated carbocycles. The zero-order valence-corrected chi connectivity index (χ0v) is 13.2. The highest BCUT2D eigenvalue weighted by molar-refractivity contribution is 6.36. The Balaban J connectivity index is 2.84. The normalized spacial score (nSPS) is 14.2. The molecule has 20 heavy (non-hydrogen) atoms. The average Bonchev–Trinajstić information content (AvgIpc) is 2.33. The van der Waals surface area contributed by atoms with Crippen molar-refractivity contribution in [1.82, 2.24) is 5.32 Å². The molecule has 0 heterocycles. The number of nitrogens with one attached hydrogen (secondary N) is 1. The third kappa shape index (κ3) is 4.33. The molecule has 112 valence electrons. The molecule has 2 atom stereocenters. The van der Waals surface area contributed by atoms with Crippen LogP contribution in [0.4, 0.5) is 4.39 Å². The Hall–Kier alpha value is -0.840. The quantitative estimate of drug-likeness (QED) is 0.813. The zero-order valence-electron chi connectivity index (χ0n) is 11.7. The maximum atomic E-state index is 13.5. The van der Waals surface area contributed by atoms with Gasteiger partial charge in [-0.25, -0.2) is 4.39 Å². The smallest absolute Gasteiger partial charge is 0.237 e. The summed E-state index contributed by atoms with van der Waals surface area (Å²) in [6.07, 6.45) is 0.573. The van der Waals surface area contributed by atoms with Crippen LogP contribution in [0, 0.1) is 11.7 Å². The van der Waals surface area contributed by atoms with Gasteiger partial charge in [-0.2, -0.15) is 0 Å². The minimum atomic E-state index is -0.608. The largest absolute Gasteiger partial charge is 0.348 e. The van der Waals surface area contributed by atoms with Crippen LogP contribution in [0.1, 0.15) is 38.8 Å². The Morgan fingerprint density at radius 2 is 1.95 bits per heavy atom. The van der Waals surface area contributed by atoms with Crippen LogP contribution in [0.3, 0.4) is 0 Å². The van der Waals surface area contributed by atoms with Gasteiger partial charge in [0.2, 0.25) is 5.91 Å². The first-order valence-electron chi connectivity index (χ1n) is 6.43. The van der Waals surface area contributed by atoms with Crippen molar-refractivity contribution >= 4 is 29.1 Å². The first-order valence-corrected chi connectivity index (χ1v) is 7.19. The lowest BCUT2D eigenvalue weighted by Gasteiger charge is -2.20. The third-order valence-corrected chi connectivity index (χ3v) is 3.65. The van der Waals surface area contributed by atoms with Crippen molar-refractivity contribution in [2.24, 2.45) is 11.7 Å². The number of amides is 1. The van der Waals surface area contributed by atoms with Gasteiger partial charge in [0, 0.05) is 10.6 Å². The second-order valence-corrected chi connectivity index (χ2v) is 6.01. The van der Waals surface area contributed by atoms with E-state index in [1.54, 1.807) is 6.92 Å². The van der Waals surface area contributed by atoms with Crippen LogP contribution >= 0.6 is 23.2 Å². The Morgan fingerprint density at radius 3 is 2.50 bits per heavy atom. The molecule has 0 aliphatic heterocycles. The minimum Gasteiger partial charge on any atom is -0.348 e. The van der Waals surface area contributed by atoms with Crippen molar-refractivity contribution < 1.29 is 9.18 Å². The molecule has 0 fully saturated rings. The van der Waals surface area contributed by atoms with E-state index >= 15 is 0 Å². The molecule has 1 unspecified atom stereocenters. The Morgan fingerprint density at radius 1 is 1.35 bits per heavy atom. The molecule has 3 nitrogen and oxygen atoms in total. The lowest BCUT2D eigenvalue weighted by Crippen LogP contribution is -2.42. The van der Waals surface area contributed by atoms with Crippen molar-refractivity contribution in [3.05, 3.63) is 33.6 Å². The summed E-state index contributed by atoms with van der Waals surface area (Å²) in [5.41, 5.74) is 6.16. The summed E-state index contributed by atoms with van der Waals surface area (Å²) in [4.78, 5) is 12.0. The van der Waals surface area contributed by atoms with Crippen molar-refractivity contribution in [1.29, 1.82) is 0 Å². The summed E-state index contributed by atoms with van der Waals surface area (Å²) < 4.78 is 13.5. The van der Waals surface area contributed by atoms with Gasteiger partial charge >= 0.3 is 0 Å². The summed E-state index contributed by atoms with van der Waals surface area (Å²) in [6.45, 7) is 5.65.